The molecule has 0 aliphatic heterocycles. The van der Waals surface area contributed by atoms with Gasteiger partial charge >= 0.3 is 0 Å². The minimum atomic E-state index is 0.520. The standard InChI is InChI=1S/C27H36O2/c1-19-4-17-27(20(2)18-19)29-26-15-11-24(12-16-26)22-7-5-21(6-8-22)23-9-13-25(28-3)14-10-23/h4,11-12,15-18,21-23,25H,5-10,13-14H2,1-3H3. The molecule has 0 N–H and O–H groups in total. The third-order valence-corrected chi connectivity index (χ3v) is 7.40. The molecule has 2 heteroatoms. The lowest BCUT2D eigenvalue weighted by Crippen LogP contribution is -2.27. The summed E-state index contributed by atoms with van der Waals surface area (Å²) in [6.07, 6.45) is 11.3. The van der Waals surface area contributed by atoms with Crippen molar-refractivity contribution < 1.29 is 9.47 Å². The van der Waals surface area contributed by atoms with E-state index in [-0.39, 0.29) is 0 Å². The van der Waals surface area contributed by atoms with Gasteiger partial charge in [-0.2, -0.15) is 0 Å². The van der Waals surface area contributed by atoms with Crippen LogP contribution in [-0.2, 0) is 4.74 Å². The second-order valence-corrected chi connectivity index (χ2v) is 9.32. The van der Waals surface area contributed by atoms with Crippen molar-refractivity contribution in [2.45, 2.75) is 77.2 Å². The molecule has 0 spiro atoms. The first-order valence-electron chi connectivity index (χ1n) is 11.5. The van der Waals surface area contributed by atoms with Crippen LogP contribution in [-0.4, -0.2) is 13.2 Å². The van der Waals surface area contributed by atoms with Gasteiger partial charge in [0.2, 0.25) is 0 Å². The highest BCUT2D eigenvalue weighted by molar-refractivity contribution is 5.40. The summed E-state index contributed by atoms with van der Waals surface area (Å²) in [5.74, 6) is 4.49. The molecule has 0 unspecified atom stereocenters. The largest absolute Gasteiger partial charge is 0.457 e. The molecule has 2 aromatic carbocycles. The van der Waals surface area contributed by atoms with Crippen molar-refractivity contribution in [1.29, 1.82) is 0 Å². The maximum atomic E-state index is 6.11. The first-order valence-corrected chi connectivity index (χ1v) is 11.5. The maximum Gasteiger partial charge on any atom is 0.130 e. The molecule has 2 saturated carbocycles. The van der Waals surface area contributed by atoms with Crippen LogP contribution >= 0.6 is 0 Å². The van der Waals surface area contributed by atoms with Gasteiger partial charge in [-0.15, -0.1) is 0 Å². The highest BCUT2D eigenvalue weighted by Crippen LogP contribution is 2.43. The Morgan fingerprint density at radius 1 is 0.724 bits per heavy atom. The highest BCUT2D eigenvalue weighted by atomic mass is 16.5. The number of hydrogen-bond acceptors (Lipinski definition) is 2. The van der Waals surface area contributed by atoms with Crippen LogP contribution in [0.3, 0.4) is 0 Å². The molecule has 4 rings (SSSR count). The molecule has 0 amide bonds. The van der Waals surface area contributed by atoms with Crippen molar-refractivity contribution in [2.75, 3.05) is 7.11 Å². The molecule has 2 aliphatic rings. The molecule has 0 aromatic heterocycles. The Morgan fingerprint density at radius 3 is 1.93 bits per heavy atom. The molecule has 2 aromatic rings. The molecule has 0 atom stereocenters. The Bertz CT molecular complexity index is 779. The molecule has 0 heterocycles. The molecule has 0 bridgehead atoms. The Balaban J connectivity index is 1.30. The number of ether oxygens (including phenoxy) is 2. The van der Waals surface area contributed by atoms with Gasteiger partial charge in [0.25, 0.3) is 0 Å². The minimum absolute atomic E-state index is 0.520. The summed E-state index contributed by atoms with van der Waals surface area (Å²) in [5, 5.41) is 0. The summed E-state index contributed by atoms with van der Waals surface area (Å²) in [5.41, 5.74) is 3.94. The van der Waals surface area contributed by atoms with Crippen LogP contribution in [0.15, 0.2) is 42.5 Å². The normalized spacial score (nSPS) is 27.6. The second-order valence-electron chi connectivity index (χ2n) is 9.32. The Hall–Kier alpha value is -1.80. The summed E-state index contributed by atoms with van der Waals surface area (Å²) in [7, 11) is 1.87. The van der Waals surface area contributed by atoms with Crippen molar-refractivity contribution >= 4 is 0 Å². The Morgan fingerprint density at radius 2 is 1.34 bits per heavy atom. The second kappa shape index (κ2) is 9.34. The summed E-state index contributed by atoms with van der Waals surface area (Å²) in [4.78, 5) is 0. The fraction of sp³-hybridized carbons (Fsp3) is 0.556. The van der Waals surface area contributed by atoms with E-state index in [4.69, 9.17) is 9.47 Å². The lowest BCUT2D eigenvalue weighted by molar-refractivity contribution is 0.0410. The van der Waals surface area contributed by atoms with Crippen molar-refractivity contribution in [1.82, 2.24) is 0 Å². The first-order chi connectivity index (χ1) is 14.1. The van der Waals surface area contributed by atoms with Crippen LogP contribution in [0, 0.1) is 25.7 Å². The van der Waals surface area contributed by atoms with Crippen LogP contribution in [0.5, 0.6) is 11.5 Å². The van der Waals surface area contributed by atoms with Gasteiger partial charge in [-0.25, -0.2) is 0 Å². The topological polar surface area (TPSA) is 18.5 Å². The van der Waals surface area contributed by atoms with E-state index < -0.39 is 0 Å². The van der Waals surface area contributed by atoms with E-state index in [9.17, 15) is 0 Å². The number of aryl methyl sites for hydroxylation is 2. The molecule has 2 nitrogen and oxygen atoms in total. The van der Waals surface area contributed by atoms with Gasteiger partial charge in [0.1, 0.15) is 11.5 Å². The minimum Gasteiger partial charge on any atom is -0.457 e. The molecule has 0 saturated heterocycles. The average Bonchev–Trinajstić information content (AvgIpc) is 2.76. The molecule has 2 fully saturated rings. The van der Waals surface area contributed by atoms with E-state index in [2.05, 4.69) is 56.3 Å². The molecule has 29 heavy (non-hydrogen) atoms. The average molecular weight is 393 g/mol. The third-order valence-electron chi connectivity index (χ3n) is 7.40. The van der Waals surface area contributed by atoms with Crippen molar-refractivity contribution in [3.8, 4) is 11.5 Å². The lowest BCUT2D eigenvalue weighted by Gasteiger charge is -2.37. The van der Waals surface area contributed by atoms with Crippen LogP contribution in [0.2, 0.25) is 0 Å². The molecular formula is C27H36O2. The zero-order valence-corrected chi connectivity index (χ0v) is 18.3. The van der Waals surface area contributed by atoms with Gasteiger partial charge in [-0.05, 0) is 112 Å². The summed E-state index contributed by atoms with van der Waals surface area (Å²) in [6.45, 7) is 4.22. The van der Waals surface area contributed by atoms with Crippen molar-refractivity contribution in [2.24, 2.45) is 11.8 Å². The molecule has 156 valence electrons. The lowest BCUT2D eigenvalue weighted by atomic mass is 9.69. The summed E-state index contributed by atoms with van der Waals surface area (Å²) < 4.78 is 11.7. The maximum absolute atomic E-state index is 6.11. The highest BCUT2D eigenvalue weighted by Gasteiger charge is 2.31. The number of methoxy groups -OCH3 is 1. The van der Waals surface area contributed by atoms with Gasteiger partial charge in [-0.1, -0.05) is 29.8 Å². The van der Waals surface area contributed by atoms with Crippen LogP contribution in [0.1, 0.15) is 74.0 Å². The Kier molecular flexibility index (Phi) is 6.60. The van der Waals surface area contributed by atoms with Crippen molar-refractivity contribution in [3.63, 3.8) is 0 Å². The van der Waals surface area contributed by atoms with E-state index in [0.29, 0.717) is 6.10 Å². The zero-order valence-electron chi connectivity index (χ0n) is 18.3. The van der Waals surface area contributed by atoms with E-state index in [1.807, 2.05) is 7.11 Å². The van der Waals surface area contributed by atoms with Crippen LogP contribution < -0.4 is 4.74 Å². The summed E-state index contributed by atoms with van der Waals surface area (Å²) >= 11 is 0. The fourth-order valence-electron chi connectivity index (χ4n) is 5.57. The van der Waals surface area contributed by atoms with Crippen molar-refractivity contribution in [3.05, 3.63) is 59.2 Å². The van der Waals surface area contributed by atoms with E-state index >= 15 is 0 Å². The summed E-state index contributed by atoms with van der Waals surface area (Å²) in [6, 6.07) is 15.2. The predicted molar refractivity (Wildman–Crippen MR) is 120 cm³/mol. The van der Waals surface area contributed by atoms with E-state index in [1.54, 1.807) is 0 Å². The third kappa shape index (κ3) is 5.04. The number of hydrogen-bond donors (Lipinski definition) is 0. The van der Waals surface area contributed by atoms with Gasteiger partial charge in [0.05, 0.1) is 6.10 Å². The van der Waals surface area contributed by atoms with Gasteiger partial charge in [0, 0.05) is 7.11 Å². The monoisotopic (exact) mass is 392 g/mol. The fourth-order valence-corrected chi connectivity index (χ4v) is 5.57. The first kappa shape index (κ1) is 20.5. The van der Waals surface area contributed by atoms with Gasteiger partial charge < -0.3 is 9.47 Å². The van der Waals surface area contributed by atoms with Crippen LogP contribution in [0.4, 0.5) is 0 Å². The smallest absolute Gasteiger partial charge is 0.130 e. The number of rotatable bonds is 5. The zero-order chi connectivity index (χ0) is 20.2. The SMILES string of the molecule is COC1CCC(C2CCC(c3ccc(Oc4ccc(C)cc4C)cc3)CC2)CC1. The Labute approximate surface area is 176 Å². The molecular weight excluding hydrogens is 356 g/mol. The van der Waals surface area contributed by atoms with E-state index in [0.717, 1.165) is 29.3 Å². The van der Waals surface area contributed by atoms with Gasteiger partial charge in [-0.3, -0.25) is 0 Å². The predicted octanol–water partition coefficient (Wildman–Crippen LogP) is 7.57. The van der Waals surface area contributed by atoms with Gasteiger partial charge in [0.15, 0.2) is 0 Å². The van der Waals surface area contributed by atoms with E-state index in [1.165, 1.54) is 68.1 Å². The number of benzene rings is 2. The van der Waals surface area contributed by atoms with Crippen LogP contribution in [0.25, 0.3) is 0 Å². The quantitative estimate of drug-likeness (QED) is 0.522. The molecule has 0 radical (unpaired) electrons. The molecule has 2 aliphatic carbocycles.